The summed E-state index contributed by atoms with van der Waals surface area (Å²) in [7, 11) is 0. The van der Waals surface area contributed by atoms with Crippen molar-refractivity contribution in [2.24, 2.45) is 0 Å². The van der Waals surface area contributed by atoms with Gasteiger partial charge < -0.3 is 15.4 Å². The van der Waals surface area contributed by atoms with Crippen LogP contribution in [0.5, 0.6) is 0 Å². The highest BCUT2D eigenvalue weighted by molar-refractivity contribution is 9.10. The molecule has 0 aliphatic rings. The minimum atomic E-state index is -0.652. The van der Waals surface area contributed by atoms with Gasteiger partial charge >= 0.3 is 6.09 Å². The van der Waals surface area contributed by atoms with Crippen LogP contribution in [0.4, 0.5) is 10.5 Å². The number of halogens is 2. The zero-order valence-corrected chi connectivity index (χ0v) is 14.4. The third kappa shape index (κ3) is 5.92. The van der Waals surface area contributed by atoms with Gasteiger partial charge in [0, 0.05) is 10.2 Å². The summed E-state index contributed by atoms with van der Waals surface area (Å²) in [4.78, 5) is 23.3. The SMILES string of the molecule is O=C(CNC(=O)OCc1ccccc1)Nc1ccc(Cl)c(Br)c1. The van der Waals surface area contributed by atoms with Crippen LogP contribution < -0.4 is 10.6 Å². The van der Waals surface area contributed by atoms with E-state index in [1.165, 1.54) is 0 Å². The summed E-state index contributed by atoms with van der Waals surface area (Å²) in [6, 6.07) is 14.3. The van der Waals surface area contributed by atoms with E-state index in [2.05, 4.69) is 26.6 Å². The van der Waals surface area contributed by atoms with Crippen molar-refractivity contribution in [3.63, 3.8) is 0 Å². The first-order valence-electron chi connectivity index (χ1n) is 6.74. The summed E-state index contributed by atoms with van der Waals surface area (Å²) in [6.07, 6.45) is -0.652. The first-order chi connectivity index (χ1) is 11.0. The Balaban J connectivity index is 1.73. The predicted octanol–water partition coefficient (Wildman–Crippen LogP) is 3.97. The molecule has 0 radical (unpaired) electrons. The molecule has 0 atom stereocenters. The number of nitrogens with one attached hydrogen (secondary N) is 2. The smallest absolute Gasteiger partial charge is 0.407 e. The predicted molar refractivity (Wildman–Crippen MR) is 92.4 cm³/mol. The molecule has 0 fully saturated rings. The molecule has 0 spiro atoms. The van der Waals surface area contributed by atoms with E-state index in [9.17, 15) is 9.59 Å². The summed E-state index contributed by atoms with van der Waals surface area (Å²) in [6.45, 7) is -0.0354. The van der Waals surface area contributed by atoms with Crippen LogP contribution in [0.25, 0.3) is 0 Å². The van der Waals surface area contributed by atoms with Gasteiger partial charge in [0.25, 0.3) is 0 Å². The second kappa shape index (κ2) is 8.55. The van der Waals surface area contributed by atoms with E-state index in [0.717, 1.165) is 5.56 Å². The topological polar surface area (TPSA) is 67.4 Å². The molecular formula is C16H14BrClN2O3. The fourth-order valence-electron chi connectivity index (χ4n) is 1.71. The molecule has 2 rings (SSSR count). The van der Waals surface area contributed by atoms with E-state index in [-0.39, 0.29) is 19.1 Å². The fraction of sp³-hybridized carbons (Fsp3) is 0.125. The maximum absolute atomic E-state index is 11.8. The lowest BCUT2D eigenvalue weighted by atomic mass is 10.2. The van der Waals surface area contributed by atoms with Crippen molar-refractivity contribution in [2.45, 2.75) is 6.61 Å². The molecule has 0 saturated heterocycles. The van der Waals surface area contributed by atoms with Crippen molar-refractivity contribution in [2.75, 3.05) is 11.9 Å². The van der Waals surface area contributed by atoms with Crippen molar-refractivity contribution < 1.29 is 14.3 Å². The highest BCUT2D eigenvalue weighted by atomic mass is 79.9. The first kappa shape index (κ1) is 17.3. The van der Waals surface area contributed by atoms with E-state index in [1.54, 1.807) is 18.2 Å². The van der Waals surface area contributed by atoms with Gasteiger partial charge in [-0.1, -0.05) is 41.9 Å². The van der Waals surface area contributed by atoms with Gasteiger partial charge in [-0.2, -0.15) is 0 Å². The van der Waals surface area contributed by atoms with Gasteiger partial charge in [-0.15, -0.1) is 0 Å². The van der Waals surface area contributed by atoms with Crippen LogP contribution in [-0.2, 0) is 16.1 Å². The Morgan fingerprint density at radius 1 is 1.13 bits per heavy atom. The van der Waals surface area contributed by atoms with E-state index in [0.29, 0.717) is 15.2 Å². The van der Waals surface area contributed by atoms with Crippen LogP contribution >= 0.6 is 27.5 Å². The highest BCUT2D eigenvalue weighted by Crippen LogP contribution is 2.25. The van der Waals surface area contributed by atoms with Crippen LogP contribution in [0.3, 0.4) is 0 Å². The molecule has 23 heavy (non-hydrogen) atoms. The van der Waals surface area contributed by atoms with Gasteiger partial charge in [0.2, 0.25) is 5.91 Å². The van der Waals surface area contributed by atoms with E-state index >= 15 is 0 Å². The summed E-state index contributed by atoms with van der Waals surface area (Å²) < 4.78 is 5.68. The van der Waals surface area contributed by atoms with Crippen molar-refractivity contribution >= 4 is 45.2 Å². The third-order valence-corrected chi connectivity index (χ3v) is 4.02. The van der Waals surface area contributed by atoms with Gasteiger partial charge in [-0.25, -0.2) is 4.79 Å². The molecule has 5 nitrogen and oxygen atoms in total. The standard InChI is InChI=1S/C16H14BrClN2O3/c17-13-8-12(6-7-14(13)18)20-15(21)9-19-16(22)23-10-11-4-2-1-3-5-11/h1-8H,9-10H2,(H,19,22)(H,20,21). The number of ether oxygens (including phenoxy) is 1. The number of anilines is 1. The highest BCUT2D eigenvalue weighted by Gasteiger charge is 2.08. The molecule has 0 bridgehead atoms. The average Bonchev–Trinajstić information content (AvgIpc) is 2.55. The summed E-state index contributed by atoms with van der Waals surface area (Å²) in [5.74, 6) is -0.365. The van der Waals surface area contributed by atoms with Crippen LogP contribution in [0, 0.1) is 0 Å². The maximum Gasteiger partial charge on any atom is 0.407 e. The van der Waals surface area contributed by atoms with Crippen molar-refractivity contribution in [3.05, 3.63) is 63.6 Å². The number of carbonyl (C=O) groups is 2. The second-order valence-electron chi connectivity index (χ2n) is 4.59. The lowest BCUT2D eigenvalue weighted by Gasteiger charge is -2.08. The van der Waals surface area contributed by atoms with Crippen molar-refractivity contribution in [3.8, 4) is 0 Å². The molecule has 7 heteroatoms. The lowest BCUT2D eigenvalue weighted by molar-refractivity contribution is -0.115. The largest absolute Gasteiger partial charge is 0.445 e. The summed E-state index contributed by atoms with van der Waals surface area (Å²) in [5, 5.41) is 5.58. The maximum atomic E-state index is 11.8. The van der Waals surface area contributed by atoms with Gasteiger partial charge in [0.1, 0.15) is 13.2 Å². The molecule has 2 aromatic rings. The molecule has 2 aromatic carbocycles. The molecule has 0 aromatic heterocycles. The Hall–Kier alpha value is -2.05. The van der Waals surface area contributed by atoms with Gasteiger partial charge in [0.15, 0.2) is 0 Å². The summed E-state index contributed by atoms with van der Waals surface area (Å²) >= 11 is 9.14. The molecule has 2 amide bonds. The molecule has 0 saturated carbocycles. The number of rotatable bonds is 5. The molecule has 0 unspecified atom stereocenters. The Bertz CT molecular complexity index is 695. The minimum Gasteiger partial charge on any atom is -0.445 e. The van der Waals surface area contributed by atoms with E-state index < -0.39 is 6.09 Å². The number of benzene rings is 2. The Morgan fingerprint density at radius 3 is 2.57 bits per heavy atom. The van der Waals surface area contributed by atoms with Crippen molar-refractivity contribution in [1.29, 1.82) is 0 Å². The van der Waals surface area contributed by atoms with Crippen molar-refractivity contribution in [1.82, 2.24) is 5.32 Å². The Labute approximate surface area is 147 Å². The molecule has 0 aliphatic heterocycles. The van der Waals surface area contributed by atoms with Crippen LogP contribution in [0.1, 0.15) is 5.56 Å². The molecule has 2 N–H and O–H groups in total. The Morgan fingerprint density at radius 2 is 1.87 bits per heavy atom. The summed E-state index contributed by atoms with van der Waals surface area (Å²) in [5.41, 5.74) is 1.45. The first-order valence-corrected chi connectivity index (χ1v) is 7.91. The number of amides is 2. The van der Waals surface area contributed by atoms with Crippen LogP contribution in [-0.4, -0.2) is 18.5 Å². The normalized spacial score (nSPS) is 10.0. The second-order valence-corrected chi connectivity index (χ2v) is 5.85. The van der Waals surface area contributed by atoms with Gasteiger partial charge in [-0.3, -0.25) is 4.79 Å². The number of hydrogen-bond acceptors (Lipinski definition) is 3. The van der Waals surface area contributed by atoms with Crippen LogP contribution in [0.2, 0.25) is 5.02 Å². The molecule has 120 valence electrons. The molecular weight excluding hydrogens is 384 g/mol. The van der Waals surface area contributed by atoms with E-state index in [1.807, 2.05) is 30.3 Å². The zero-order chi connectivity index (χ0) is 16.7. The monoisotopic (exact) mass is 396 g/mol. The Kier molecular flexibility index (Phi) is 6.43. The zero-order valence-electron chi connectivity index (χ0n) is 12.0. The van der Waals surface area contributed by atoms with E-state index in [4.69, 9.17) is 16.3 Å². The van der Waals surface area contributed by atoms with Gasteiger partial charge in [-0.05, 0) is 39.7 Å². The lowest BCUT2D eigenvalue weighted by Crippen LogP contribution is -2.33. The number of alkyl carbamates (subject to hydrolysis) is 1. The number of hydrogen-bond donors (Lipinski definition) is 2. The third-order valence-electron chi connectivity index (χ3n) is 2.81. The van der Waals surface area contributed by atoms with Gasteiger partial charge in [0.05, 0.1) is 5.02 Å². The minimum absolute atomic E-state index is 0.151. The van der Waals surface area contributed by atoms with Crippen LogP contribution in [0.15, 0.2) is 53.0 Å². The quantitative estimate of drug-likeness (QED) is 0.802. The molecule has 0 aliphatic carbocycles. The fourth-order valence-corrected chi connectivity index (χ4v) is 2.20. The average molecular weight is 398 g/mol. The molecule has 0 heterocycles. The number of carbonyl (C=O) groups excluding carboxylic acids is 2.